The molecule has 2 heterocycles. The van der Waals surface area contributed by atoms with Gasteiger partial charge in [0.1, 0.15) is 11.5 Å². The minimum absolute atomic E-state index is 0.817. The van der Waals surface area contributed by atoms with Crippen LogP contribution in [0, 0.1) is 0 Å². The van der Waals surface area contributed by atoms with Crippen LogP contribution in [0.5, 0.6) is 0 Å². The molecule has 0 unspecified atom stereocenters. The van der Waals surface area contributed by atoms with Crippen molar-refractivity contribution in [1.82, 2.24) is 0 Å². The summed E-state index contributed by atoms with van der Waals surface area (Å²) >= 11 is 0. The van der Waals surface area contributed by atoms with Crippen molar-refractivity contribution in [2.24, 2.45) is 9.98 Å². The lowest BCUT2D eigenvalue weighted by Gasteiger charge is -1.96. The lowest BCUT2D eigenvalue weighted by molar-refractivity contribution is 0.559. The molecule has 4 heteroatoms. The second kappa shape index (κ2) is 8.91. The summed E-state index contributed by atoms with van der Waals surface area (Å²) in [5, 5.41) is 0. The molecule has 0 bridgehead atoms. The third kappa shape index (κ3) is 5.69. The molecular weight excluding hydrogens is 252 g/mol. The van der Waals surface area contributed by atoms with Crippen molar-refractivity contribution in [3.05, 3.63) is 48.3 Å². The first-order valence-corrected chi connectivity index (χ1v) is 7.02. The summed E-state index contributed by atoms with van der Waals surface area (Å²) in [6.07, 6.45) is 11.5. The molecule has 2 aromatic heterocycles. The normalized spacial score (nSPS) is 11.8. The Morgan fingerprint density at radius 1 is 0.750 bits per heavy atom. The third-order valence-electron chi connectivity index (χ3n) is 2.85. The Morgan fingerprint density at radius 2 is 1.25 bits per heavy atom. The second-order valence-corrected chi connectivity index (χ2v) is 4.52. The molecular formula is C16H20N2O2. The molecule has 2 rings (SSSR count). The first-order chi connectivity index (χ1) is 9.95. The summed E-state index contributed by atoms with van der Waals surface area (Å²) in [5.74, 6) is 1.63. The number of furan rings is 2. The molecule has 106 valence electrons. The van der Waals surface area contributed by atoms with Gasteiger partial charge in [-0.3, -0.25) is 9.98 Å². The summed E-state index contributed by atoms with van der Waals surface area (Å²) in [6, 6.07) is 7.54. The van der Waals surface area contributed by atoms with E-state index in [1.165, 1.54) is 12.8 Å². The van der Waals surface area contributed by atoms with Crippen LogP contribution in [-0.2, 0) is 0 Å². The van der Waals surface area contributed by atoms with Crippen molar-refractivity contribution in [1.29, 1.82) is 0 Å². The Bertz CT molecular complexity index is 450. The van der Waals surface area contributed by atoms with E-state index in [1.807, 2.05) is 24.3 Å². The lowest BCUT2D eigenvalue weighted by Crippen LogP contribution is -1.87. The molecule has 2 aromatic rings. The van der Waals surface area contributed by atoms with Crippen LogP contribution >= 0.6 is 0 Å². The van der Waals surface area contributed by atoms with Gasteiger partial charge >= 0.3 is 0 Å². The van der Waals surface area contributed by atoms with Crippen LogP contribution in [-0.4, -0.2) is 25.5 Å². The van der Waals surface area contributed by atoms with Gasteiger partial charge in [0.25, 0.3) is 0 Å². The minimum atomic E-state index is 0.817. The largest absolute Gasteiger partial charge is 0.463 e. The molecule has 0 N–H and O–H groups in total. The van der Waals surface area contributed by atoms with Crippen molar-refractivity contribution in [2.75, 3.05) is 13.1 Å². The predicted octanol–water partition coefficient (Wildman–Crippen LogP) is 3.97. The van der Waals surface area contributed by atoms with E-state index in [-0.39, 0.29) is 0 Å². The Hall–Kier alpha value is -2.10. The third-order valence-corrected chi connectivity index (χ3v) is 2.85. The van der Waals surface area contributed by atoms with Crippen LogP contribution in [0.1, 0.15) is 37.2 Å². The fourth-order valence-electron chi connectivity index (χ4n) is 1.80. The van der Waals surface area contributed by atoms with E-state index >= 15 is 0 Å². The molecule has 0 spiro atoms. The highest BCUT2D eigenvalue weighted by Gasteiger charge is 1.91. The number of aliphatic imine (C=N–C) groups is 2. The van der Waals surface area contributed by atoms with Gasteiger partial charge in [0, 0.05) is 13.1 Å². The molecule has 0 radical (unpaired) electrons. The molecule has 0 aliphatic rings. The molecule has 4 nitrogen and oxygen atoms in total. The average molecular weight is 272 g/mol. The van der Waals surface area contributed by atoms with Crippen LogP contribution in [0.25, 0.3) is 0 Å². The van der Waals surface area contributed by atoms with Crippen LogP contribution in [0.3, 0.4) is 0 Å². The smallest absolute Gasteiger partial charge is 0.144 e. The molecule has 0 aromatic carbocycles. The highest BCUT2D eigenvalue weighted by molar-refractivity contribution is 5.75. The summed E-state index contributed by atoms with van der Waals surface area (Å²) in [4.78, 5) is 8.64. The van der Waals surface area contributed by atoms with E-state index in [4.69, 9.17) is 8.83 Å². The van der Waals surface area contributed by atoms with Gasteiger partial charge in [0.2, 0.25) is 0 Å². The van der Waals surface area contributed by atoms with Gasteiger partial charge in [0.05, 0.1) is 25.0 Å². The zero-order chi connectivity index (χ0) is 13.9. The zero-order valence-corrected chi connectivity index (χ0v) is 11.6. The van der Waals surface area contributed by atoms with Gasteiger partial charge in [-0.1, -0.05) is 12.8 Å². The van der Waals surface area contributed by atoms with Crippen molar-refractivity contribution in [3.63, 3.8) is 0 Å². The SMILES string of the molecule is C(=NCCCCCCN=Cc1ccco1)c1ccco1. The van der Waals surface area contributed by atoms with Crippen molar-refractivity contribution < 1.29 is 8.83 Å². The van der Waals surface area contributed by atoms with Crippen molar-refractivity contribution >= 4 is 12.4 Å². The van der Waals surface area contributed by atoms with E-state index in [0.29, 0.717) is 0 Å². The Balaban J connectivity index is 1.44. The zero-order valence-electron chi connectivity index (χ0n) is 11.6. The van der Waals surface area contributed by atoms with Gasteiger partial charge in [-0.15, -0.1) is 0 Å². The van der Waals surface area contributed by atoms with Gasteiger partial charge in [-0.05, 0) is 37.1 Å². The van der Waals surface area contributed by atoms with Crippen LogP contribution in [0.4, 0.5) is 0 Å². The molecule has 0 amide bonds. The van der Waals surface area contributed by atoms with Gasteiger partial charge in [-0.25, -0.2) is 0 Å². The average Bonchev–Trinajstić information content (AvgIpc) is 3.14. The summed E-state index contributed by atoms with van der Waals surface area (Å²) in [7, 11) is 0. The van der Waals surface area contributed by atoms with E-state index in [1.54, 1.807) is 25.0 Å². The maximum atomic E-state index is 5.16. The summed E-state index contributed by atoms with van der Waals surface area (Å²) in [6.45, 7) is 1.72. The highest BCUT2D eigenvalue weighted by Crippen LogP contribution is 2.02. The van der Waals surface area contributed by atoms with Gasteiger partial charge in [0.15, 0.2) is 0 Å². The topological polar surface area (TPSA) is 51.0 Å². The molecule has 20 heavy (non-hydrogen) atoms. The minimum Gasteiger partial charge on any atom is -0.463 e. The summed E-state index contributed by atoms with van der Waals surface area (Å²) < 4.78 is 10.3. The standard InChI is InChI=1S/C16H20N2O2/c1(3-9-17-13-15-7-5-11-19-15)2-4-10-18-14-16-8-6-12-20-16/h5-8,11-14H,1-4,9-10H2. The molecule has 0 atom stereocenters. The number of hydrogen-bond donors (Lipinski definition) is 0. The molecule has 0 aliphatic carbocycles. The molecule has 0 saturated heterocycles. The van der Waals surface area contributed by atoms with Crippen molar-refractivity contribution in [3.8, 4) is 0 Å². The number of unbranched alkanes of at least 4 members (excludes halogenated alkanes) is 3. The lowest BCUT2D eigenvalue weighted by atomic mass is 10.2. The van der Waals surface area contributed by atoms with Crippen LogP contribution in [0.2, 0.25) is 0 Å². The number of hydrogen-bond acceptors (Lipinski definition) is 4. The Morgan fingerprint density at radius 3 is 1.65 bits per heavy atom. The maximum absolute atomic E-state index is 5.16. The number of rotatable bonds is 9. The highest BCUT2D eigenvalue weighted by atomic mass is 16.3. The first kappa shape index (κ1) is 14.3. The number of nitrogens with zero attached hydrogens (tertiary/aromatic N) is 2. The second-order valence-electron chi connectivity index (χ2n) is 4.52. The Labute approximate surface area is 119 Å². The Kier molecular flexibility index (Phi) is 6.37. The molecule has 0 fully saturated rings. The van der Waals surface area contributed by atoms with Gasteiger partial charge < -0.3 is 8.83 Å². The maximum Gasteiger partial charge on any atom is 0.144 e. The fraction of sp³-hybridized carbons (Fsp3) is 0.375. The monoisotopic (exact) mass is 272 g/mol. The fourth-order valence-corrected chi connectivity index (χ4v) is 1.80. The van der Waals surface area contributed by atoms with E-state index in [2.05, 4.69) is 9.98 Å². The van der Waals surface area contributed by atoms with Gasteiger partial charge in [-0.2, -0.15) is 0 Å². The van der Waals surface area contributed by atoms with Crippen LogP contribution in [0.15, 0.2) is 55.6 Å². The predicted molar refractivity (Wildman–Crippen MR) is 80.8 cm³/mol. The summed E-state index contributed by atoms with van der Waals surface area (Å²) in [5.41, 5.74) is 0. The van der Waals surface area contributed by atoms with E-state index < -0.39 is 0 Å². The molecule has 0 saturated carbocycles. The molecule has 0 aliphatic heterocycles. The van der Waals surface area contributed by atoms with Crippen molar-refractivity contribution in [2.45, 2.75) is 25.7 Å². The van der Waals surface area contributed by atoms with Crippen LogP contribution < -0.4 is 0 Å². The quantitative estimate of drug-likeness (QED) is 0.512. The van der Waals surface area contributed by atoms with E-state index in [9.17, 15) is 0 Å². The first-order valence-electron chi connectivity index (χ1n) is 7.02. The van der Waals surface area contributed by atoms with E-state index in [0.717, 1.165) is 37.5 Å².